The average molecular weight is 441 g/mol. The Labute approximate surface area is 189 Å². The number of hydrogen-bond donors (Lipinski definition) is 3. The van der Waals surface area contributed by atoms with Gasteiger partial charge in [0.05, 0.1) is 6.54 Å². The lowest BCUT2D eigenvalue weighted by Gasteiger charge is -2.14. The van der Waals surface area contributed by atoms with Crippen molar-refractivity contribution < 1.29 is 24.2 Å². The van der Waals surface area contributed by atoms with Crippen LogP contribution in [0.4, 0.5) is 0 Å². The molecule has 0 radical (unpaired) electrons. The van der Waals surface area contributed by atoms with Gasteiger partial charge >= 0.3 is 0 Å². The van der Waals surface area contributed by atoms with E-state index in [2.05, 4.69) is 10.6 Å². The number of aryl methyl sites for hydroxylation is 1. The van der Waals surface area contributed by atoms with Crippen LogP contribution in [0.15, 0.2) is 60.7 Å². The molecule has 2 aromatic carbocycles. The Bertz CT molecular complexity index is 842. The van der Waals surface area contributed by atoms with Crippen LogP contribution >= 0.6 is 0 Å². The molecule has 172 valence electrons. The number of Topliss-reactive ketones (excluding diaryl/α,β-unsaturated/α-hetero) is 1. The number of para-hydroxylation sites is 1. The number of hydrogen-bond acceptors (Lipinski definition) is 5. The fourth-order valence-corrected chi connectivity index (χ4v) is 3.08. The van der Waals surface area contributed by atoms with E-state index in [0.29, 0.717) is 31.6 Å². The average Bonchev–Trinajstić information content (AvgIpc) is 2.81. The van der Waals surface area contributed by atoms with Gasteiger partial charge in [-0.15, -0.1) is 0 Å². The first-order valence-electron chi connectivity index (χ1n) is 10.9. The molecule has 0 saturated carbocycles. The maximum atomic E-state index is 12.1. The first-order valence-corrected chi connectivity index (χ1v) is 10.9. The van der Waals surface area contributed by atoms with Gasteiger partial charge in [0, 0.05) is 13.0 Å². The summed E-state index contributed by atoms with van der Waals surface area (Å²) in [4.78, 5) is 35.9. The second-order valence-electron chi connectivity index (χ2n) is 7.83. The van der Waals surface area contributed by atoms with Crippen molar-refractivity contribution in [1.82, 2.24) is 10.6 Å². The van der Waals surface area contributed by atoms with Crippen molar-refractivity contribution in [3.63, 3.8) is 0 Å². The van der Waals surface area contributed by atoms with Crippen LogP contribution in [0.2, 0.25) is 0 Å². The second-order valence-corrected chi connectivity index (χ2v) is 7.83. The van der Waals surface area contributed by atoms with Gasteiger partial charge < -0.3 is 20.5 Å². The van der Waals surface area contributed by atoms with E-state index in [9.17, 15) is 19.5 Å². The van der Waals surface area contributed by atoms with Crippen molar-refractivity contribution in [2.24, 2.45) is 5.92 Å². The Morgan fingerprint density at radius 1 is 0.906 bits per heavy atom. The summed E-state index contributed by atoms with van der Waals surface area (Å²) in [6.07, 6.45) is 0.687. The number of aliphatic hydroxyl groups excluding tert-OH is 1. The normalized spacial score (nSPS) is 12.4. The van der Waals surface area contributed by atoms with E-state index >= 15 is 0 Å². The van der Waals surface area contributed by atoms with E-state index in [-0.39, 0.29) is 37.3 Å². The number of carbonyl (C=O) groups is 3. The minimum Gasteiger partial charge on any atom is -0.484 e. The van der Waals surface area contributed by atoms with Crippen molar-refractivity contribution in [2.75, 3.05) is 19.7 Å². The Balaban J connectivity index is 1.54. The summed E-state index contributed by atoms with van der Waals surface area (Å²) in [6.45, 7) is 2.09. The molecule has 2 aromatic rings. The Morgan fingerprint density at radius 2 is 1.56 bits per heavy atom. The van der Waals surface area contributed by atoms with Gasteiger partial charge in [-0.05, 0) is 42.9 Å². The zero-order chi connectivity index (χ0) is 23.2. The minimum absolute atomic E-state index is 0.0310. The molecule has 0 aliphatic heterocycles. The predicted octanol–water partition coefficient (Wildman–Crippen LogP) is 2.28. The van der Waals surface area contributed by atoms with E-state index in [0.717, 1.165) is 5.56 Å². The molecule has 2 atom stereocenters. The summed E-state index contributed by atoms with van der Waals surface area (Å²) in [5, 5.41) is 15.3. The number of ketones is 1. The summed E-state index contributed by atoms with van der Waals surface area (Å²) in [5.41, 5.74) is 1.05. The molecule has 0 fully saturated rings. The molecule has 7 heteroatoms. The molecule has 0 aromatic heterocycles. The summed E-state index contributed by atoms with van der Waals surface area (Å²) in [7, 11) is 0. The van der Waals surface area contributed by atoms with Crippen LogP contribution in [-0.4, -0.2) is 48.5 Å². The Hall–Kier alpha value is -3.19. The molecule has 0 spiro atoms. The molecule has 0 aliphatic carbocycles. The molecule has 3 N–H and O–H groups in total. The van der Waals surface area contributed by atoms with Crippen molar-refractivity contribution in [1.29, 1.82) is 0 Å². The van der Waals surface area contributed by atoms with Crippen molar-refractivity contribution in [3.8, 4) is 5.75 Å². The first-order chi connectivity index (χ1) is 15.4. The van der Waals surface area contributed by atoms with Gasteiger partial charge in [-0.3, -0.25) is 14.4 Å². The van der Waals surface area contributed by atoms with Crippen LogP contribution in [0.3, 0.4) is 0 Å². The van der Waals surface area contributed by atoms with Crippen molar-refractivity contribution in [3.05, 3.63) is 66.2 Å². The Morgan fingerprint density at radius 3 is 2.25 bits per heavy atom. The van der Waals surface area contributed by atoms with E-state index in [4.69, 9.17) is 4.74 Å². The topological polar surface area (TPSA) is 105 Å². The molecule has 0 heterocycles. The van der Waals surface area contributed by atoms with Gasteiger partial charge in [0.2, 0.25) is 5.91 Å². The number of ether oxygens (including phenoxy) is 1. The predicted molar refractivity (Wildman–Crippen MR) is 122 cm³/mol. The third-order valence-electron chi connectivity index (χ3n) is 4.99. The summed E-state index contributed by atoms with van der Waals surface area (Å²) < 4.78 is 5.38. The summed E-state index contributed by atoms with van der Waals surface area (Å²) in [5.74, 6) is -0.205. The highest BCUT2D eigenvalue weighted by atomic mass is 16.5. The molecular formula is C25H32N2O5. The number of carbonyl (C=O) groups excluding carboxylic acids is 3. The lowest BCUT2D eigenvalue weighted by atomic mass is 10.0. The van der Waals surface area contributed by atoms with Crippen molar-refractivity contribution >= 4 is 17.6 Å². The number of rotatable bonds is 14. The summed E-state index contributed by atoms with van der Waals surface area (Å²) >= 11 is 0. The number of benzene rings is 2. The molecule has 2 amide bonds. The fourth-order valence-electron chi connectivity index (χ4n) is 3.08. The van der Waals surface area contributed by atoms with Crippen molar-refractivity contribution in [2.45, 2.75) is 38.7 Å². The maximum Gasteiger partial charge on any atom is 0.257 e. The number of nitrogens with one attached hydrogen (secondary N) is 2. The lowest BCUT2D eigenvalue weighted by Crippen LogP contribution is -2.36. The van der Waals surface area contributed by atoms with Gasteiger partial charge in [0.1, 0.15) is 11.9 Å². The molecule has 0 saturated heterocycles. The van der Waals surface area contributed by atoms with Gasteiger partial charge in [0.15, 0.2) is 12.4 Å². The Kier molecular flexibility index (Phi) is 11.0. The standard InChI is InChI=1S/C25H32N2O5/c1-19(14-15-26-25(31)18-32-21-10-6-3-7-11-21)16-24(30)27-17-23(29)22(28)13-12-20-8-4-2-5-9-20/h2-11,19,22,28H,12-18H2,1H3,(H,26,31)(H,27,30). The van der Waals surface area contributed by atoms with E-state index in [1.54, 1.807) is 12.1 Å². The smallest absolute Gasteiger partial charge is 0.257 e. The minimum atomic E-state index is -1.10. The third kappa shape index (κ3) is 10.2. The monoisotopic (exact) mass is 440 g/mol. The molecule has 32 heavy (non-hydrogen) atoms. The van der Waals surface area contributed by atoms with Gasteiger partial charge in [-0.25, -0.2) is 0 Å². The van der Waals surface area contributed by atoms with Crippen LogP contribution in [0.1, 0.15) is 31.7 Å². The highest BCUT2D eigenvalue weighted by Crippen LogP contribution is 2.09. The van der Waals surface area contributed by atoms with Crippen LogP contribution in [0.5, 0.6) is 5.75 Å². The van der Waals surface area contributed by atoms with Crippen LogP contribution in [0.25, 0.3) is 0 Å². The second kappa shape index (κ2) is 14.0. The van der Waals surface area contributed by atoms with Gasteiger partial charge in [0.25, 0.3) is 5.91 Å². The van der Waals surface area contributed by atoms with E-state index in [1.807, 2.05) is 55.5 Å². The molecule has 7 nitrogen and oxygen atoms in total. The summed E-state index contributed by atoms with van der Waals surface area (Å²) in [6, 6.07) is 18.7. The van der Waals surface area contributed by atoms with Gasteiger partial charge in [-0.1, -0.05) is 55.5 Å². The zero-order valence-electron chi connectivity index (χ0n) is 18.5. The maximum absolute atomic E-state index is 12.1. The molecule has 0 bridgehead atoms. The SMILES string of the molecule is CC(CCNC(=O)COc1ccccc1)CC(=O)NCC(=O)C(O)CCc1ccccc1. The van der Waals surface area contributed by atoms with Gasteiger partial charge in [-0.2, -0.15) is 0 Å². The highest BCUT2D eigenvalue weighted by Gasteiger charge is 2.17. The van der Waals surface area contributed by atoms with Crippen LogP contribution < -0.4 is 15.4 Å². The van der Waals surface area contributed by atoms with E-state index in [1.165, 1.54) is 0 Å². The molecule has 0 aliphatic rings. The first kappa shape index (κ1) is 25.1. The fraction of sp³-hybridized carbons (Fsp3) is 0.400. The third-order valence-corrected chi connectivity index (χ3v) is 4.99. The zero-order valence-corrected chi connectivity index (χ0v) is 18.5. The number of aliphatic hydroxyl groups is 1. The lowest BCUT2D eigenvalue weighted by molar-refractivity contribution is -0.130. The highest BCUT2D eigenvalue weighted by molar-refractivity contribution is 5.88. The largest absolute Gasteiger partial charge is 0.484 e. The molecular weight excluding hydrogens is 408 g/mol. The van der Waals surface area contributed by atoms with Crippen LogP contribution in [0, 0.1) is 5.92 Å². The molecule has 2 rings (SSSR count). The number of amides is 2. The molecule has 2 unspecified atom stereocenters. The quantitative estimate of drug-likeness (QED) is 0.418. The van der Waals surface area contributed by atoms with E-state index < -0.39 is 11.9 Å². The van der Waals surface area contributed by atoms with Crippen LogP contribution in [-0.2, 0) is 20.8 Å².